The van der Waals surface area contributed by atoms with Crippen molar-refractivity contribution >= 4 is 38.9 Å². The summed E-state index contributed by atoms with van der Waals surface area (Å²) in [5.41, 5.74) is 0.294. The number of sulfonamides is 1. The Morgan fingerprint density at radius 3 is 2.38 bits per heavy atom. The normalized spacial score (nSPS) is 14.9. The number of carbonyl (C=O) groups excluding carboxylic acids is 1. The van der Waals surface area contributed by atoms with Crippen molar-refractivity contribution in [2.45, 2.75) is 17.5 Å². The highest BCUT2D eigenvalue weighted by molar-refractivity contribution is 7.89. The molecule has 174 valence electrons. The van der Waals surface area contributed by atoms with Gasteiger partial charge in [0.25, 0.3) is 0 Å². The first-order chi connectivity index (χ1) is 15.1. The van der Waals surface area contributed by atoms with Crippen LogP contribution in [0.1, 0.15) is 12.0 Å². The van der Waals surface area contributed by atoms with Crippen LogP contribution < -0.4 is 14.9 Å². The van der Waals surface area contributed by atoms with Crippen LogP contribution in [0.25, 0.3) is 0 Å². The number of amides is 1. The van der Waals surface area contributed by atoms with Crippen molar-refractivity contribution in [3.8, 4) is 0 Å². The molecular formula is C20H21ClF3N3O4S. The minimum absolute atomic E-state index is 0.204. The van der Waals surface area contributed by atoms with E-state index in [2.05, 4.69) is 14.9 Å². The number of hydrogen-bond donors (Lipinski definition) is 2. The number of hydrogen-bond acceptors (Lipinski definition) is 5. The van der Waals surface area contributed by atoms with Gasteiger partial charge in [0.15, 0.2) is 0 Å². The second-order valence-corrected chi connectivity index (χ2v) is 9.16. The highest BCUT2D eigenvalue weighted by Gasteiger charge is 2.34. The molecule has 0 atom stereocenters. The van der Waals surface area contributed by atoms with Crippen molar-refractivity contribution in [2.75, 3.05) is 43.1 Å². The summed E-state index contributed by atoms with van der Waals surface area (Å²) in [5.74, 6) is -0.445. The summed E-state index contributed by atoms with van der Waals surface area (Å²) in [7, 11) is -4.25. The van der Waals surface area contributed by atoms with E-state index in [0.29, 0.717) is 25.0 Å². The summed E-state index contributed by atoms with van der Waals surface area (Å²) in [4.78, 5) is 13.7. The van der Waals surface area contributed by atoms with E-state index >= 15 is 0 Å². The number of benzene rings is 2. The molecule has 1 heterocycles. The van der Waals surface area contributed by atoms with E-state index in [-0.39, 0.29) is 13.0 Å². The van der Waals surface area contributed by atoms with Crippen molar-refractivity contribution in [1.29, 1.82) is 0 Å². The molecule has 0 aliphatic carbocycles. The van der Waals surface area contributed by atoms with E-state index in [9.17, 15) is 26.4 Å². The molecule has 0 aromatic heterocycles. The molecule has 3 rings (SSSR count). The fraction of sp³-hybridized carbons (Fsp3) is 0.350. The van der Waals surface area contributed by atoms with Crippen molar-refractivity contribution < 1.29 is 31.1 Å². The quantitative estimate of drug-likeness (QED) is 0.619. The average molecular weight is 492 g/mol. The zero-order valence-electron chi connectivity index (χ0n) is 16.8. The monoisotopic (exact) mass is 491 g/mol. The molecule has 2 aromatic carbocycles. The van der Waals surface area contributed by atoms with Gasteiger partial charge in [0.05, 0.1) is 28.7 Å². The minimum Gasteiger partial charge on any atom is -0.378 e. The van der Waals surface area contributed by atoms with Gasteiger partial charge in [-0.15, -0.1) is 0 Å². The predicted molar refractivity (Wildman–Crippen MR) is 114 cm³/mol. The lowest BCUT2D eigenvalue weighted by Gasteiger charge is -2.28. The van der Waals surface area contributed by atoms with Gasteiger partial charge in [-0.3, -0.25) is 4.79 Å². The molecule has 0 bridgehead atoms. The summed E-state index contributed by atoms with van der Waals surface area (Å²) >= 11 is 5.51. The first kappa shape index (κ1) is 24.3. The highest BCUT2D eigenvalue weighted by atomic mass is 35.5. The zero-order chi connectivity index (χ0) is 23.4. The van der Waals surface area contributed by atoms with Crippen LogP contribution >= 0.6 is 11.6 Å². The lowest BCUT2D eigenvalue weighted by Crippen LogP contribution is -2.36. The van der Waals surface area contributed by atoms with Gasteiger partial charge in [-0.05, 0) is 42.5 Å². The van der Waals surface area contributed by atoms with Gasteiger partial charge in [-0.25, -0.2) is 13.1 Å². The number of nitrogens with one attached hydrogen (secondary N) is 2. The van der Waals surface area contributed by atoms with Gasteiger partial charge in [0.2, 0.25) is 15.9 Å². The highest BCUT2D eigenvalue weighted by Crippen LogP contribution is 2.35. The molecule has 1 aliphatic rings. The maximum Gasteiger partial charge on any atom is 0.417 e. The Bertz CT molecular complexity index is 1060. The molecule has 2 N–H and O–H groups in total. The first-order valence-corrected chi connectivity index (χ1v) is 11.5. The largest absolute Gasteiger partial charge is 0.417 e. The van der Waals surface area contributed by atoms with Gasteiger partial charge in [0, 0.05) is 37.4 Å². The third kappa shape index (κ3) is 6.35. The number of carbonyl (C=O) groups is 1. The van der Waals surface area contributed by atoms with Crippen LogP contribution in [0.15, 0.2) is 47.4 Å². The smallest absolute Gasteiger partial charge is 0.378 e. The first-order valence-electron chi connectivity index (χ1n) is 9.65. The molecule has 0 spiro atoms. The van der Waals surface area contributed by atoms with Gasteiger partial charge in [-0.2, -0.15) is 13.2 Å². The van der Waals surface area contributed by atoms with Gasteiger partial charge in [0.1, 0.15) is 0 Å². The summed E-state index contributed by atoms with van der Waals surface area (Å²) in [6.45, 7) is 2.59. The topological polar surface area (TPSA) is 87.7 Å². The fourth-order valence-electron chi connectivity index (χ4n) is 3.07. The van der Waals surface area contributed by atoms with E-state index in [1.807, 2.05) is 12.1 Å². The van der Waals surface area contributed by atoms with E-state index in [1.54, 1.807) is 12.1 Å². The third-order valence-electron chi connectivity index (χ3n) is 4.72. The molecule has 0 radical (unpaired) electrons. The van der Waals surface area contributed by atoms with Crippen LogP contribution in [0.3, 0.4) is 0 Å². The zero-order valence-corrected chi connectivity index (χ0v) is 18.4. The van der Waals surface area contributed by atoms with Crippen LogP contribution in [-0.4, -0.2) is 47.2 Å². The van der Waals surface area contributed by atoms with Crippen LogP contribution in [0.4, 0.5) is 24.5 Å². The lowest BCUT2D eigenvalue weighted by atomic mass is 10.2. The molecule has 0 unspecified atom stereocenters. The summed E-state index contributed by atoms with van der Waals surface area (Å²) in [6.07, 6.45) is -5.00. The van der Waals surface area contributed by atoms with E-state index in [4.69, 9.17) is 16.3 Å². The Labute approximate surface area is 188 Å². The molecule has 32 heavy (non-hydrogen) atoms. The lowest BCUT2D eigenvalue weighted by molar-refractivity contribution is -0.137. The van der Waals surface area contributed by atoms with E-state index < -0.39 is 37.6 Å². The number of ether oxygens (including phenoxy) is 1. The molecule has 2 aromatic rings. The molecule has 7 nitrogen and oxygen atoms in total. The molecular weight excluding hydrogens is 471 g/mol. The Hall–Kier alpha value is -2.34. The molecule has 1 saturated heterocycles. The molecule has 12 heteroatoms. The average Bonchev–Trinajstić information content (AvgIpc) is 2.74. The maximum absolute atomic E-state index is 13.0. The van der Waals surface area contributed by atoms with Crippen LogP contribution in [0.2, 0.25) is 5.02 Å². The Balaban J connectivity index is 1.53. The third-order valence-corrected chi connectivity index (χ3v) is 6.51. The van der Waals surface area contributed by atoms with Crippen LogP contribution in [0, 0.1) is 0 Å². The van der Waals surface area contributed by atoms with Crippen LogP contribution in [-0.2, 0) is 25.7 Å². The molecule has 1 aliphatic heterocycles. The minimum atomic E-state index is -4.79. The number of morpholine rings is 1. The van der Waals surface area contributed by atoms with Gasteiger partial charge in [-0.1, -0.05) is 11.6 Å². The van der Waals surface area contributed by atoms with Crippen LogP contribution in [0.5, 0.6) is 0 Å². The summed E-state index contributed by atoms with van der Waals surface area (Å²) < 4.78 is 70.9. The van der Waals surface area contributed by atoms with Gasteiger partial charge < -0.3 is 15.0 Å². The number of nitrogens with zero attached hydrogens (tertiary/aromatic N) is 1. The van der Waals surface area contributed by atoms with Crippen molar-refractivity contribution in [1.82, 2.24) is 4.72 Å². The van der Waals surface area contributed by atoms with E-state index in [1.165, 1.54) is 0 Å². The summed E-state index contributed by atoms with van der Waals surface area (Å²) in [5, 5.41) is 2.05. The number of rotatable bonds is 7. The van der Waals surface area contributed by atoms with E-state index in [0.717, 1.165) is 30.9 Å². The van der Waals surface area contributed by atoms with Crippen molar-refractivity contribution in [3.63, 3.8) is 0 Å². The second-order valence-electron chi connectivity index (χ2n) is 6.98. The predicted octanol–water partition coefficient (Wildman–Crippen LogP) is 3.50. The second kappa shape index (κ2) is 10.1. The standard InChI is InChI=1S/C20H21ClF3N3O4S/c21-18-6-5-16(13-17(18)20(22,23)24)32(29,30)25-8-7-19(28)26-14-1-3-15(4-2-14)27-9-11-31-12-10-27/h1-6,13,25H,7-12H2,(H,26,28). The van der Waals surface area contributed by atoms with Crippen molar-refractivity contribution in [3.05, 3.63) is 53.1 Å². The Kier molecular flexibility index (Phi) is 7.65. The number of alkyl halides is 3. The Morgan fingerprint density at radius 2 is 1.75 bits per heavy atom. The fourth-order valence-corrected chi connectivity index (χ4v) is 4.35. The molecule has 1 amide bonds. The number of halogens is 4. The van der Waals surface area contributed by atoms with Gasteiger partial charge >= 0.3 is 6.18 Å². The summed E-state index contributed by atoms with van der Waals surface area (Å²) in [6, 6.07) is 9.49. The SMILES string of the molecule is O=C(CCNS(=O)(=O)c1ccc(Cl)c(C(F)(F)F)c1)Nc1ccc(N2CCOCC2)cc1. The molecule has 1 fully saturated rings. The van der Waals surface area contributed by atoms with Crippen molar-refractivity contribution in [2.24, 2.45) is 0 Å². The molecule has 0 saturated carbocycles. The number of anilines is 2. The Morgan fingerprint density at radius 1 is 1.09 bits per heavy atom. The maximum atomic E-state index is 13.0.